The first-order chi connectivity index (χ1) is 8.20. The van der Waals surface area contributed by atoms with Crippen LogP contribution in [0.1, 0.15) is 36.0 Å². The summed E-state index contributed by atoms with van der Waals surface area (Å²) in [7, 11) is 0. The lowest BCUT2D eigenvalue weighted by Gasteiger charge is -2.14. The van der Waals surface area contributed by atoms with Crippen LogP contribution < -0.4 is 5.32 Å². The molecule has 17 heavy (non-hydrogen) atoms. The van der Waals surface area contributed by atoms with Crippen LogP contribution in [0.25, 0.3) is 0 Å². The Bertz CT molecular complexity index is 430. The molecule has 2 N–H and O–H groups in total. The zero-order chi connectivity index (χ0) is 11.9. The predicted octanol–water partition coefficient (Wildman–Crippen LogP) is 2.31. The van der Waals surface area contributed by atoms with Crippen LogP contribution in [0, 0.1) is 11.3 Å². The summed E-state index contributed by atoms with van der Waals surface area (Å²) in [5.41, 5.74) is 1.06. The molecule has 2 fully saturated rings. The van der Waals surface area contributed by atoms with E-state index < -0.39 is 0 Å². The second-order valence-corrected chi connectivity index (χ2v) is 5.37. The number of aromatic hydroxyl groups is 1. The van der Waals surface area contributed by atoms with Crippen LogP contribution in [0.4, 0.5) is 0 Å². The smallest absolute Gasteiger partial charge is 0.251 e. The van der Waals surface area contributed by atoms with Gasteiger partial charge in [0.15, 0.2) is 0 Å². The molecular weight excluding hydrogens is 214 g/mol. The van der Waals surface area contributed by atoms with Crippen molar-refractivity contribution in [2.75, 3.05) is 6.54 Å². The van der Waals surface area contributed by atoms with E-state index in [2.05, 4.69) is 5.32 Å². The van der Waals surface area contributed by atoms with Crippen molar-refractivity contribution in [1.29, 1.82) is 0 Å². The van der Waals surface area contributed by atoms with Crippen LogP contribution in [-0.2, 0) is 0 Å². The van der Waals surface area contributed by atoms with E-state index in [0.29, 0.717) is 11.0 Å². The zero-order valence-electron chi connectivity index (χ0n) is 9.78. The van der Waals surface area contributed by atoms with Crippen molar-refractivity contribution in [2.45, 2.75) is 25.7 Å². The molecule has 0 radical (unpaired) electrons. The van der Waals surface area contributed by atoms with Gasteiger partial charge in [-0.05, 0) is 61.3 Å². The summed E-state index contributed by atoms with van der Waals surface area (Å²) in [5, 5.41) is 12.2. The van der Waals surface area contributed by atoms with Crippen molar-refractivity contribution in [1.82, 2.24) is 5.32 Å². The molecule has 3 heteroatoms. The third kappa shape index (κ3) is 2.14. The summed E-state index contributed by atoms with van der Waals surface area (Å²) in [6.07, 6.45) is 5.23. The normalized spacial score (nSPS) is 20.9. The number of rotatable bonds is 4. The fraction of sp³-hybridized carbons (Fsp3) is 0.500. The quantitative estimate of drug-likeness (QED) is 0.835. The van der Waals surface area contributed by atoms with Crippen LogP contribution in [0.5, 0.6) is 5.75 Å². The fourth-order valence-electron chi connectivity index (χ4n) is 2.56. The van der Waals surface area contributed by atoms with Crippen LogP contribution in [0.3, 0.4) is 0 Å². The minimum atomic E-state index is -0.0306. The van der Waals surface area contributed by atoms with E-state index in [1.54, 1.807) is 24.3 Å². The lowest BCUT2D eigenvalue weighted by molar-refractivity contribution is 0.0942. The Morgan fingerprint density at radius 3 is 2.47 bits per heavy atom. The van der Waals surface area contributed by atoms with Gasteiger partial charge in [0.2, 0.25) is 0 Å². The van der Waals surface area contributed by atoms with Gasteiger partial charge in [-0.15, -0.1) is 0 Å². The van der Waals surface area contributed by atoms with Gasteiger partial charge in [-0.3, -0.25) is 4.79 Å². The van der Waals surface area contributed by atoms with Gasteiger partial charge in [0.05, 0.1) is 0 Å². The molecule has 0 aliphatic heterocycles. The maximum atomic E-state index is 11.9. The van der Waals surface area contributed by atoms with E-state index in [1.807, 2.05) is 0 Å². The summed E-state index contributed by atoms with van der Waals surface area (Å²) < 4.78 is 0. The SMILES string of the molecule is O=C(NCC1(C2CC2)CC1)c1ccc(O)cc1. The van der Waals surface area contributed by atoms with Gasteiger partial charge in [0.25, 0.3) is 5.91 Å². The Morgan fingerprint density at radius 1 is 1.29 bits per heavy atom. The van der Waals surface area contributed by atoms with Crippen molar-refractivity contribution < 1.29 is 9.90 Å². The number of benzene rings is 1. The minimum Gasteiger partial charge on any atom is -0.508 e. The van der Waals surface area contributed by atoms with Crippen molar-refractivity contribution >= 4 is 5.91 Å². The lowest BCUT2D eigenvalue weighted by Crippen LogP contribution is -2.31. The average molecular weight is 231 g/mol. The summed E-state index contributed by atoms with van der Waals surface area (Å²) in [6, 6.07) is 6.40. The van der Waals surface area contributed by atoms with Crippen LogP contribution in [0.2, 0.25) is 0 Å². The first kappa shape index (κ1) is 10.6. The molecular formula is C14H17NO2. The predicted molar refractivity (Wildman–Crippen MR) is 64.8 cm³/mol. The largest absolute Gasteiger partial charge is 0.508 e. The minimum absolute atomic E-state index is 0.0306. The van der Waals surface area contributed by atoms with Gasteiger partial charge in [0, 0.05) is 12.1 Å². The Labute approximate surface area is 101 Å². The summed E-state index contributed by atoms with van der Waals surface area (Å²) in [6.45, 7) is 0.817. The van der Waals surface area contributed by atoms with Gasteiger partial charge < -0.3 is 10.4 Å². The Balaban J connectivity index is 1.58. The summed E-state index contributed by atoms with van der Waals surface area (Å²) in [4.78, 5) is 11.9. The number of amides is 1. The van der Waals surface area contributed by atoms with Crippen molar-refractivity contribution in [3.63, 3.8) is 0 Å². The van der Waals surface area contributed by atoms with Crippen LogP contribution >= 0.6 is 0 Å². The number of carbonyl (C=O) groups excluding carboxylic acids is 1. The van der Waals surface area contributed by atoms with Crippen molar-refractivity contribution in [3.05, 3.63) is 29.8 Å². The molecule has 2 aliphatic carbocycles. The number of nitrogens with one attached hydrogen (secondary N) is 1. The highest BCUT2D eigenvalue weighted by Gasteiger charge is 2.53. The third-order valence-corrected chi connectivity index (χ3v) is 4.07. The number of hydrogen-bond acceptors (Lipinski definition) is 2. The van der Waals surface area contributed by atoms with Crippen molar-refractivity contribution in [2.24, 2.45) is 11.3 Å². The monoisotopic (exact) mass is 231 g/mol. The molecule has 0 unspecified atom stereocenters. The molecule has 0 bridgehead atoms. The topological polar surface area (TPSA) is 49.3 Å². The van der Waals surface area contributed by atoms with E-state index in [1.165, 1.54) is 25.7 Å². The Hall–Kier alpha value is -1.51. The first-order valence-electron chi connectivity index (χ1n) is 6.27. The molecule has 0 heterocycles. The van der Waals surface area contributed by atoms with Crippen LogP contribution in [-0.4, -0.2) is 17.6 Å². The molecule has 2 saturated carbocycles. The molecule has 0 saturated heterocycles. The Morgan fingerprint density at radius 2 is 1.94 bits per heavy atom. The molecule has 3 nitrogen and oxygen atoms in total. The lowest BCUT2D eigenvalue weighted by atomic mass is 10.0. The molecule has 0 aromatic heterocycles. The molecule has 3 rings (SSSR count). The number of hydrogen-bond donors (Lipinski definition) is 2. The molecule has 1 amide bonds. The molecule has 0 atom stereocenters. The number of phenols is 1. The highest BCUT2D eigenvalue weighted by Crippen LogP contribution is 2.60. The van der Waals surface area contributed by atoms with Gasteiger partial charge >= 0.3 is 0 Å². The maximum Gasteiger partial charge on any atom is 0.251 e. The third-order valence-electron chi connectivity index (χ3n) is 4.07. The highest BCUT2D eigenvalue weighted by atomic mass is 16.3. The van der Waals surface area contributed by atoms with Gasteiger partial charge in [-0.1, -0.05) is 0 Å². The molecule has 2 aliphatic rings. The molecule has 1 aromatic rings. The van der Waals surface area contributed by atoms with Gasteiger partial charge in [-0.2, -0.15) is 0 Å². The molecule has 0 spiro atoms. The van der Waals surface area contributed by atoms with Crippen LogP contribution in [0.15, 0.2) is 24.3 Å². The average Bonchev–Trinajstić information content (AvgIpc) is 3.17. The number of phenolic OH excluding ortho intramolecular Hbond substituents is 1. The maximum absolute atomic E-state index is 11.9. The standard InChI is InChI=1S/C14H17NO2/c16-12-5-1-10(2-6-12)13(17)15-9-14(7-8-14)11-3-4-11/h1-2,5-6,11,16H,3-4,7-9H2,(H,15,17). The number of carbonyl (C=O) groups is 1. The van der Waals surface area contributed by atoms with E-state index in [-0.39, 0.29) is 11.7 Å². The molecule has 90 valence electrons. The summed E-state index contributed by atoms with van der Waals surface area (Å²) >= 11 is 0. The fourth-order valence-corrected chi connectivity index (χ4v) is 2.56. The van der Waals surface area contributed by atoms with Gasteiger partial charge in [-0.25, -0.2) is 0 Å². The Kier molecular flexibility index (Phi) is 2.35. The van der Waals surface area contributed by atoms with Crippen molar-refractivity contribution in [3.8, 4) is 5.75 Å². The van der Waals surface area contributed by atoms with E-state index in [9.17, 15) is 4.79 Å². The highest BCUT2D eigenvalue weighted by molar-refractivity contribution is 5.94. The first-order valence-corrected chi connectivity index (χ1v) is 6.27. The van der Waals surface area contributed by atoms with E-state index >= 15 is 0 Å². The summed E-state index contributed by atoms with van der Waals surface area (Å²) in [5.74, 6) is 1.03. The second-order valence-electron chi connectivity index (χ2n) is 5.37. The van der Waals surface area contributed by atoms with E-state index in [0.717, 1.165) is 12.5 Å². The van der Waals surface area contributed by atoms with E-state index in [4.69, 9.17) is 5.11 Å². The molecule has 1 aromatic carbocycles. The van der Waals surface area contributed by atoms with Gasteiger partial charge in [0.1, 0.15) is 5.75 Å². The second kappa shape index (κ2) is 3.76. The zero-order valence-corrected chi connectivity index (χ0v) is 9.78.